The standard InChI is InChI=1S/C61H106O6/c1-4-7-10-13-16-19-22-25-28-30-33-35-38-41-44-47-50-53-59(62)65-56-58(67-61(64)55-52-49-46-43-40-37-32-27-24-21-18-15-12-9-6-3)57-66-60(63)54-51-48-45-42-39-36-34-31-29-26-23-20-17-14-11-8-5-2/h7,10,16,18-19,21,25,27-28,32-33,35,58H,4-6,8-9,11-15,17,20,22-24,26,29-31,34,36-57H2,1-3H3/b10-7-,19-16-,21-18-,28-25-,32-27-,35-33-/t58-/m1/s1. The summed E-state index contributed by atoms with van der Waals surface area (Å²) in [5.41, 5.74) is 0. The molecule has 0 aliphatic heterocycles. The van der Waals surface area contributed by atoms with Gasteiger partial charge in [-0.15, -0.1) is 0 Å². The van der Waals surface area contributed by atoms with Crippen LogP contribution >= 0.6 is 0 Å². The fourth-order valence-electron chi connectivity index (χ4n) is 7.93. The molecule has 1 atom stereocenters. The maximum absolute atomic E-state index is 12.8. The first kappa shape index (κ1) is 63.8. The highest BCUT2D eigenvalue weighted by Crippen LogP contribution is 2.16. The van der Waals surface area contributed by atoms with Crippen LogP contribution in [-0.2, 0) is 28.6 Å². The first-order valence-electron chi connectivity index (χ1n) is 28.4. The molecule has 0 rings (SSSR count). The monoisotopic (exact) mass is 935 g/mol. The minimum absolute atomic E-state index is 0.0870. The molecule has 0 heterocycles. The molecule has 0 radical (unpaired) electrons. The van der Waals surface area contributed by atoms with Crippen molar-refractivity contribution in [2.24, 2.45) is 0 Å². The van der Waals surface area contributed by atoms with Crippen LogP contribution in [0.5, 0.6) is 0 Å². The summed E-state index contributed by atoms with van der Waals surface area (Å²) in [6.07, 6.45) is 70.3. The van der Waals surface area contributed by atoms with Crippen LogP contribution in [0.2, 0.25) is 0 Å². The highest BCUT2D eigenvalue weighted by Gasteiger charge is 2.19. The van der Waals surface area contributed by atoms with Gasteiger partial charge in [0, 0.05) is 19.3 Å². The van der Waals surface area contributed by atoms with Gasteiger partial charge in [0.25, 0.3) is 0 Å². The molecule has 6 heteroatoms. The number of carbonyl (C=O) groups excluding carboxylic acids is 3. The van der Waals surface area contributed by atoms with Gasteiger partial charge in [-0.2, -0.15) is 0 Å². The topological polar surface area (TPSA) is 78.9 Å². The maximum Gasteiger partial charge on any atom is 0.306 e. The van der Waals surface area contributed by atoms with Gasteiger partial charge >= 0.3 is 17.9 Å². The second kappa shape index (κ2) is 55.4. The third kappa shape index (κ3) is 53.7. The first-order chi connectivity index (χ1) is 33.0. The molecule has 0 aliphatic carbocycles. The smallest absolute Gasteiger partial charge is 0.306 e. The van der Waals surface area contributed by atoms with E-state index in [9.17, 15) is 14.4 Å². The summed E-state index contributed by atoms with van der Waals surface area (Å²) in [4.78, 5) is 38.1. The molecule has 0 fully saturated rings. The number of esters is 3. The number of hydrogen-bond acceptors (Lipinski definition) is 6. The molecule has 0 bridgehead atoms. The van der Waals surface area contributed by atoms with Gasteiger partial charge in [0.1, 0.15) is 13.2 Å². The number of allylic oxidation sites excluding steroid dienone is 12. The van der Waals surface area contributed by atoms with Crippen LogP contribution in [0.1, 0.15) is 278 Å². The van der Waals surface area contributed by atoms with Crippen molar-refractivity contribution in [3.05, 3.63) is 72.9 Å². The van der Waals surface area contributed by atoms with Crippen molar-refractivity contribution in [1.82, 2.24) is 0 Å². The van der Waals surface area contributed by atoms with E-state index in [0.717, 1.165) is 122 Å². The highest BCUT2D eigenvalue weighted by molar-refractivity contribution is 5.71. The molecule has 0 amide bonds. The van der Waals surface area contributed by atoms with Crippen molar-refractivity contribution >= 4 is 17.9 Å². The number of hydrogen-bond donors (Lipinski definition) is 0. The van der Waals surface area contributed by atoms with Crippen LogP contribution in [0.15, 0.2) is 72.9 Å². The van der Waals surface area contributed by atoms with E-state index >= 15 is 0 Å². The second-order valence-electron chi connectivity index (χ2n) is 18.8. The SMILES string of the molecule is CC/C=C\C/C=C\C/C=C\C/C=C\CCCCCCC(=O)OC[C@H](COC(=O)CCCCCCCCCCCCCCCCCCC)OC(=O)CCCCCCC/C=C\C/C=C\CCCCC. The van der Waals surface area contributed by atoms with Gasteiger partial charge in [-0.1, -0.05) is 241 Å². The summed E-state index contributed by atoms with van der Waals surface area (Å²) in [6.45, 7) is 6.49. The summed E-state index contributed by atoms with van der Waals surface area (Å²) < 4.78 is 16.8. The van der Waals surface area contributed by atoms with Crippen LogP contribution in [0.25, 0.3) is 0 Å². The predicted octanol–water partition coefficient (Wildman–Crippen LogP) is 19.0. The summed E-state index contributed by atoms with van der Waals surface area (Å²) in [7, 11) is 0. The molecule has 6 nitrogen and oxygen atoms in total. The lowest BCUT2D eigenvalue weighted by molar-refractivity contribution is -0.167. The van der Waals surface area contributed by atoms with Gasteiger partial charge in [0.15, 0.2) is 6.10 Å². The Balaban J connectivity index is 4.42. The lowest BCUT2D eigenvalue weighted by Gasteiger charge is -2.18. The van der Waals surface area contributed by atoms with Crippen LogP contribution < -0.4 is 0 Å². The molecular formula is C61H106O6. The van der Waals surface area contributed by atoms with E-state index in [2.05, 4.69) is 93.7 Å². The Bertz CT molecular complexity index is 1260. The van der Waals surface area contributed by atoms with Gasteiger partial charge in [-0.05, 0) is 89.9 Å². The van der Waals surface area contributed by atoms with Crippen molar-refractivity contribution < 1.29 is 28.6 Å². The zero-order valence-electron chi connectivity index (χ0n) is 44.2. The van der Waals surface area contributed by atoms with E-state index in [4.69, 9.17) is 14.2 Å². The number of unbranched alkanes of at least 4 members (excludes halogenated alkanes) is 28. The lowest BCUT2D eigenvalue weighted by atomic mass is 10.0. The average molecular weight is 936 g/mol. The molecule has 0 saturated heterocycles. The van der Waals surface area contributed by atoms with Crippen LogP contribution in [0, 0.1) is 0 Å². The summed E-state index contributed by atoms with van der Waals surface area (Å²) in [6, 6.07) is 0. The van der Waals surface area contributed by atoms with E-state index in [1.165, 1.54) is 116 Å². The average Bonchev–Trinajstić information content (AvgIpc) is 3.33. The van der Waals surface area contributed by atoms with Gasteiger partial charge in [-0.25, -0.2) is 0 Å². The molecule has 0 N–H and O–H groups in total. The molecule has 0 aromatic rings. The minimum Gasteiger partial charge on any atom is -0.462 e. The molecule has 0 spiro atoms. The summed E-state index contributed by atoms with van der Waals surface area (Å²) >= 11 is 0. The van der Waals surface area contributed by atoms with Crippen molar-refractivity contribution in [2.75, 3.05) is 13.2 Å². The molecule has 0 aliphatic rings. The zero-order chi connectivity index (χ0) is 48.6. The quantitative estimate of drug-likeness (QED) is 0.0262. The second-order valence-corrected chi connectivity index (χ2v) is 18.8. The van der Waals surface area contributed by atoms with Crippen molar-refractivity contribution in [3.63, 3.8) is 0 Å². The Labute approximate surface area is 414 Å². The van der Waals surface area contributed by atoms with Crippen LogP contribution in [-0.4, -0.2) is 37.2 Å². The Kier molecular flexibility index (Phi) is 52.8. The molecule has 67 heavy (non-hydrogen) atoms. The molecule has 0 unspecified atom stereocenters. The molecule has 0 aromatic carbocycles. The third-order valence-corrected chi connectivity index (χ3v) is 12.2. The summed E-state index contributed by atoms with van der Waals surface area (Å²) in [5, 5.41) is 0. The fraction of sp³-hybridized carbons (Fsp3) is 0.754. The Morgan fingerprint density at radius 2 is 0.582 bits per heavy atom. The number of ether oxygens (including phenoxy) is 3. The minimum atomic E-state index is -0.792. The van der Waals surface area contributed by atoms with Crippen molar-refractivity contribution in [3.8, 4) is 0 Å². The Morgan fingerprint density at radius 3 is 0.940 bits per heavy atom. The zero-order valence-corrected chi connectivity index (χ0v) is 44.2. The maximum atomic E-state index is 12.8. The molecule has 0 saturated carbocycles. The van der Waals surface area contributed by atoms with Gasteiger partial charge < -0.3 is 14.2 Å². The largest absolute Gasteiger partial charge is 0.462 e. The molecule has 0 aromatic heterocycles. The van der Waals surface area contributed by atoms with E-state index in [-0.39, 0.29) is 31.1 Å². The van der Waals surface area contributed by atoms with Crippen LogP contribution in [0.3, 0.4) is 0 Å². The van der Waals surface area contributed by atoms with Crippen molar-refractivity contribution in [1.29, 1.82) is 0 Å². The normalized spacial score (nSPS) is 12.6. The lowest BCUT2D eigenvalue weighted by Crippen LogP contribution is -2.30. The predicted molar refractivity (Wildman–Crippen MR) is 288 cm³/mol. The van der Waals surface area contributed by atoms with Crippen molar-refractivity contribution in [2.45, 2.75) is 284 Å². The molecular weight excluding hydrogens is 829 g/mol. The van der Waals surface area contributed by atoms with E-state index in [1.54, 1.807) is 0 Å². The van der Waals surface area contributed by atoms with E-state index in [0.29, 0.717) is 19.3 Å². The third-order valence-electron chi connectivity index (χ3n) is 12.2. The Morgan fingerprint density at radius 1 is 0.313 bits per heavy atom. The first-order valence-corrected chi connectivity index (χ1v) is 28.4. The fourth-order valence-corrected chi connectivity index (χ4v) is 7.93. The summed E-state index contributed by atoms with van der Waals surface area (Å²) in [5.74, 6) is -0.917. The van der Waals surface area contributed by atoms with Gasteiger partial charge in [0.05, 0.1) is 0 Å². The van der Waals surface area contributed by atoms with E-state index < -0.39 is 6.10 Å². The Hall–Kier alpha value is -3.15. The highest BCUT2D eigenvalue weighted by atomic mass is 16.6. The van der Waals surface area contributed by atoms with Gasteiger partial charge in [0.2, 0.25) is 0 Å². The molecule has 386 valence electrons. The van der Waals surface area contributed by atoms with E-state index in [1.807, 2.05) is 0 Å². The number of carbonyl (C=O) groups is 3. The van der Waals surface area contributed by atoms with Gasteiger partial charge in [-0.3, -0.25) is 14.4 Å². The van der Waals surface area contributed by atoms with Crippen LogP contribution in [0.4, 0.5) is 0 Å². The number of rotatable bonds is 51.